The second kappa shape index (κ2) is 7.10. The predicted octanol–water partition coefficient (Wildman–Crippen LogP) is 1.55. The smallest absolute Gasteiger partial charge is 0.251 e. The monoisotopic (exact) mass is 254 g/mol. The number of rotatable bonds is 5. The van der Waals surface area contributed by atoms with E-state index in [4.69, 9.17) is 4.74 Å². The minimum Gasteiger partial charge on any atom is -0.368 e. The van der Waals surface area contributed by atoms with Crippen LogP contribution in [0.5, 0.6) is 0 Å². The number of nitrogens with zero attached hydrogens (tertiary/aromatic N) is 1. The fourth-order valence-corrected chi connectivity index (χ4v) is 2.88. The molecule has 2 aliphatic heterocycles. The molecule has 0 bridgehead atoms. The highest BCUT2D eigenvalue weighted by Gasteiger charge is 2.28. The Morgan fingerprint density at radius 2 is 2.22 bits per heavy atom. The maximum Gasteiger partial charge on any atom is 0.251 e. The lowest BCUT2D eigenvalue weighted by Crippen LogP contribution is -2.47. The first-order valence-electron chi connectivity index (χ1n) is 7.45. The zero-order chi connectivity index (χ0) is 12.8. The molecule has 0 aromatic heterocycles. The van der Waals surface area contributed by atoms with Crippen molar-refractivity contribution in [1.82, 2.24) is 10.2 Å². The average molecular weight is 254 g/mol. The molecule has 104 valence electrons. The molecule has 2 unspecified atom stereocenters. The van der Waals surface area contributed by atoms with Crippen molar-refractivity contribution in [2.75, 3.05) is 26.2 Å². The summed E-state index contributed by atoms with van der Waals surface area (Å²) in [5, 5.41) is 3.47. The summed E-state index contributed by atoms with van der Waals surface area (Å²) in [6.07, 6.45) is 6.39. The zero-order valence-electron chi connectivity index (χ0n) is 11.5. The van der Waals surface area contributed by atoms with Crippen molar-refractivity contribution >= 4 is 5.91 Å². The van der Waals surface area contributed by atoms with Crippen LogP contribution in [0.3, 0.4) is 0 Å². The lowest BCUT2D eigenvalue weighted by atomic mass is 10.1. The van der Waals surface area contributed by atoms with Gasteiger partial charge in [0.05, 0.1) is 0 Å². The lowest BCUT2D eigenvalue weighted by Gasteiger charge is -2.31. The predicted molar refractivity (Wildman–Crippen MR) is 71.5 cm³/mol. The summed E-state index contributed by atoms with van der Waals surface area (Å²) in [5.74, 6) is 0.213. The number of hydrogen-bond acceptors (Lipinski definition) is 3. The third-order valence-electron chi connectivity index (χ3n) is 3.86. The van der Waals surface area contributed by atoms with Crippen LogP contribution in [0.4, 0.5) is 0 Å². The van der Waals surface area contributed by atoms with E-state index in [1.54, 1.807) is 0 Å². The van der Waals surface area contributed by atoms with Crippen LogP contribution < -0.4 is 5.32 Å². The second-order valence-corrected chi connectivity index (χ2v) is 5.43. The Morgan fingerprint density at radius 3 is 2.83 bits per heavy atom. The number of carbonyl (C=O) groups excluding carboxylic acids is 1. The van der Waals surface area contributed by atoms with Crippen LogP contribution >= 0.6 is 0 Å². The average Bonchev–Trinajstić information content (AvgIpc) is 2.91. The molecule has 4 heteroatoms. The quantitative estimate of drug-likeness (QED) is 0.809. The van der Waals surface area contributed by atoms with Crippen LogP contribution in [-0.4, -0.2) is 49.2 Å². The summed E-state index contributed by atoms with van der Waals surface area (Å²) >= 11 is 0. The van der Waals surface area contributed by atoms with Gasteiger partial charge in [-0.3, -0.25) is 4.79 Å². The first-order chi connectivity index (χ1) is 8.81. The van der Waals surface area contributed by atoms with Crippen molar-refractivity contribution in [2.45, 2.75) is 57.6 Å². The molecule has 1 amide bonds. The van der Waals surface area contributed by atoms with E-state index < -0.39 is 0 Å². The van der Waals surface area contributed by atoms with Gasteiger partial charge in [-0.05, 0) is 45.1 Å². The topological polar surface area (TPSA) is 41.6 Å². The maximum absolute atomic E-state index is 12.4. The Kier molecular flexibility index (Phi) is 5.45. The van der Waals surface area contributed by atoms with Gasteiger partial charge < -0.3 is 15.0 Å². The van der Waals surface area contributed by atoms with Crippen molar-refractivity contribution in [3.05, 3.63) is 0 Å². The largest absolute Gasteiger partial charge is 0.368 e. The molecule has 0 spiro atoms. The highest BCUT2D eigenvalue weighted by atomic mass is 16.5. The van der Waals surface area contributed by atoms with E-state index in [-0.39, 0.29) is 12.0 Å². The molecular formula is C14H26N2O2. The van der Waals surface area contributed by atoms with E-state index >= 15 is 0 Å². The molecule has 0 aromatic rings. The van der Waals surface area contributed by atoms with Gasteiger partial charge in [0.1, 0.15) is 6.10 Å². The number of hydrogen-bond donors (Lipinski definition) is 1. The third kappa shape index (κ3) is 3.69. The zero-order valence-corrected chi connectivity index (χ0v) is 11.5. The Hall–Kier alpha value is -0.610. The molecule has 2 aliphatic rings. The fourth-order valence-electron chi connectivity index (χ4n) is 2.88. The minimum atomic E-state index is -0.174. The van der Waals surface area contributed by atoms with Gasteiger partial charge in [0.2, 0.25) is 0 Å². The molecule has 18 heavy (non-hydrogen) atoms. The standard InChI is InChI=1S/C14H26N2O2/c1-2-9-16(11-12-6-5-8-15-12)14(17)13-7-3-4-10-18-13/h12-13,15H,2-11H2,1H3. The summed E-state index contributed by atoms with van der Waals surface area (Å²) in [5.41, 5.74) is 0. The van der Waals surface area contributed by atoms with Gasteiger partial charge in [0.15, 0.2) is 0 Å². The Balaban J connectivity index is 1.87. The van der Waals surface area contributed by atoms with Gasteiger partial charge in [-0.1, -0.05) is 6.92 Å². The van der Waals surface area contributed by atoms with E-state index in [1.165, 1.54) is 12.8 Å². The molecule has 0 aliphatic carbocycles. The van der Waals surface area contributed by atoms with Gasteiger partial charge in [-0.2, -0.15) is 0 Å². The van der Waals surface area contributed by atoms with Gasteiger partial charge in [0, 0.05) is 25.7 Å². The van der Waals surface area contributed by atoms with Crippen LogP contribution in [0.15, 0.2) is 0 Å². The van der Waals surface area contributed by atoms with E-state index in [0.29, 0.717) is 6.04 Å². The molecule has 2 saturated heterocycles. The van der Waals surface area contributed by atoms with Gasteiger partial charge in [0.25, 0.3) is 5.91 Å². The molecule has 2 heterocycles. The van der Waals surface area contributed by atoms with Crippen molar-refractivity contribution < 1.29 is 9.53 Å². The van der Waals surface area contributed by atoms with Crippen molar-refractivity contribution in [3.8, 4) is 0 Å². The Labute approximate surface area is 110 Å². The molecule has 2 rings (SSSR count). The first kappa shape index (κ1) is 13.8. The van der Waals surface area contributed by atoms with Crippen LogP contribution in [0.2, 0.25) is 0 Å². The molecule has 1 N–H and O–H groups in total. The summed E-state index contributed by atoms with van der Waals surface area (Å²) in [7, 11) is 0. The van der Waals surface area contributed by atoms with E-state index in [2.05, 4.69) is 12.2 Å². The van der Waals surface area contributed by atoms with Crippen molar-refractivity contribution in [2.24, 2.45) is 0 Å². The minimum absolute atomic E-state index is 0.174. The van der Waals surface area contributed by atoms with Gasteiger partial charge in [-0.25, -0.2) is 0 Å². The third-order valence-corrected chi connectivity index (χ3v) is 3.86. The highest BCUT2D eigenvalue weighted by Crippen LogP contribution is 2.16. The molecule has 4 nitrogen and oxygen atoms in total. The van der Waals surface area contributed by atoms with Crippen molar-refractivity contribution in [3.63, 3.8) is 0 Å². The van der Waals surface area contributed by atoms with Crippen LogP contribution in [-0.2, 0) is 9.53 Å². The maximum atomic E-state index is 12.4. The molecule has 2 fully saturated rings. The lowest BCUT2D eigenvalue weighted by molar-refractivity contribution is -0.146. The molecule has 0 saturated carbocycles. The fraction of sp³-hybridized carbons (Fsp3) is 0.929. The summed E-state index contributed by atoms with van der Waals surface area (Å²) in [4.78, 5) is 14.5. The Bertz CT molecular complexity index is 259. The summed E-state index contributed by atoms with van der Waals surface area (Å²) < 4.78 is 5.62. The number of nitrogens with one attached hydrogen (secondary N) is 1. The van der Waals surface area contributed by atoms with Crippen molar-refractivity contribution in [1.29, 1.82) is 0 Å². The molecule has 0 radical (unpaired) electrons. The highest BCUT2D eigenvalue weighted by molar-refractivity contribution is 5.81. The molecule has 0 aromatic carbocycles. The van der Waals surface area contributed by atoms with Gasteiger partial charge in [-0.15, -0.1) is 0 Å². The van der Waals surface area contributed by atoms with E-state index in [0.717, 1.165) is 51.9 Å². The van der Waals surface area contributed by atoms with E-state index in [9.17, 15) is 4.79 Å². The number of carbonyl (C=O) groups is 1. The number of ether oxygens (including phenoxy) is 1. The normalized spacial score (nSPS) is 28.3. The van der Waals surface area contributed by atoms with E-state index in [1.807, 2.05) is 4.90 Å². The molecule has 2 atom stereocenters. The SMILES string of the molecule is CCCN(CC1CCCN1)C(=O)C1CCCCO1. The Morgan fingerprint density at radius 1 is 1.33 bits per heavy atom. The molecular weight excluding hydrogens is 228 g/mol. The summed E-state index contributed by atoms with van der Waals surface area (Å²) in [6, 6.07) is 0.490. The first-order valence-corrected chi connectivity index (χ1v) is 7.45. The van der Waals surface area contributed by atoms with Gasteiger partial charge >= 0.3 is 0 Å². The summed E-state index contributed by atoms with van der Waals surface area (Å²) in [6.45, 7) is 5.68. The second-order valence-electron chi connectivity index (χ2n) is 5.43. The van der Waals surface area contributed by atoms with Crippen LogP contribution in [0.1, 0.15) is 45.4 Å². The number of amides is 1. The van der Waals surface area contributed by atoms with Crippen LogP contribution in [0, 0.1) is 0 Å². The van der Waals surface area contributed by atoms with Crippen LogP contribution in [0.25, 0.3) is 0 Å².